The molecule has 7 heavy (non-hydrogen) atoms. The summed E-state index contributed by atoms with van der Waals surface area (Å²) in [6.07, 6.45) is 0. The van der Waals surface area contributed by atoms with E-state index in [0.717, 1.165) is 0 Å². The number of hydrogen-bond acceptors (Lipinski definition) is 4. The average molecular weight is 213 g/mol. The number of hydrogen-bond donors (Lipinski definition) is 0. The monoisotopic (exact) mass is 212 g/mol. The Balaban J connectivity index is -0.0000000800. The maximum absolute atomic E-state index is 8.58. The molecule has 0 bridgehead atoms. The first-order chi connectivity index (χ1) is 2.00. The van der Waals surface area contributed by atoms with Gasteiger partial charge in [-0.25, -0.2) is 0 Å². The van der Waals surface area contributed by atoms with E-state index < -0.39 is 9.05 Å². The summed E-state index contributed by atoms with van der Waals surface area (Å²) in [5, 5.41) is 0. The molecule has 0 aliphatic heterocycles. The van der Waals surface area contributed by atoms with Crippen molar-refractivity contribution in [1.82, 2.24) is 0 Å². The maximum Gasteiger partial charge on any atom is 3.00 e. The van der Waals surface area contributed by atoms with Crippen LogP contribution in [0.1, 0.15) is 0 Å². The van der Waals surface area contributed by atoms with Crippen molar-refractivity contribution in [1.29, 1.82) is 0 Å². The number of rotatable bonds is 0. The molecule has 0 fully saturated rings. The van der Waals surface area contributed by atoms with Crippen LogP contribution >= 0.6 is 0 Å². The van der Waals surface area contributed by atoms with Gasteiger partial charge >= 0.3 is 17.1 Å². The Hall–Kier alpha value is 1.20. The second kappa shape index (κ2) is 5.34. The van der Waals surface area contributed by atoms with Crippen molar-refractivity contribution in [3.05, 3.63) is 0 Å². The molecular formula is FeO4SiZn-. The summed E-state index contributed by atoms with van der Waals surface area (Å²) in [7, 11) is -5.61. The Kier molecular flexibility index (Phi) is 12.0. The molecule has 0 N–H and O–H groups in total. The fourth-order valence-corrected chi connectivity index (χ4v) is 0. The molecule has 1 radical (unpaired) electrons. The molecule has 0 aliphatic carbocycles. The molecule has 4 nitrogen and oxygen atoms in total. The van der Waals surface area contributed by atoms with Crippen molar-refractivity contribution < 1.29 is 55.7 Å². The predicted molar refractivity (Wildman–Crippen MR) is 5.75 cm³/mol. The van der Waals surface area contributed by atoms with Crippen LogP contribution in [-0.4, -0.2) is 9.05 Å². The summed E-state index contributed by atoms with van der Waals surface area (Å²) in [5.41, 5.74) is 0. The summed E-state index contributed by atoms with van der Waals surface area (Å²) >= 11 is 0. The van der Waals surface area contributed by atoms with Gasteiger partial charge in [-0.05, 0) is 0 Å². The molecule has 0 aromatic heterocycles. The van der Waals surface area contributed by atoms with Crippen molar-refractivity contribution in [2.45, 2.75) is 0 Å². The van der Waals surface area contributed by atoms with Crippen LogP contribution in [0.15, 0.2) is 0 Å². The molecule has 0 atom stereocenters. The van der Waals surface area contributed by atoms with Gasteiger partial charge < -0.3 is 28.2 Å². The molecule has 0 saturated carbocycles. The van der Waals surface area contributed by atoms with Gasteiger partial charge in [0, 0.05) is 19.5 Å². The minimum atomic E-state index is -5.61. The third-order valence-electron chi connectivity index (χ3n) is 0. The van der Waals surface area contributed by atoms with Crippen LogP contribution in [0.3, 0.4) is 0 Å². The summed E-state index contributed by atoms with van der Waals surface area (Å²) in [4.78, 5) is 34.3. The first-order valence-corrected chi connectivity index (χ1v) is 2.45. The first kappa shape index (κ1) is 15.7. The molecule has 0 aliphatic rings. The van der Waals surface area contributed by atoms with E-state index in [1.165, 1.54) is 0 Å². The third-order valence-corrected chi connectivity index (χ3v) is 0. The zero-order chi connectivity index (χ0) is 4.50. The predicted octanol–water partition coefficient (Wildman–Crippen LogP) is -5.14. The van der Waals surface area contributed by atoms with E-state index in [2.05, 4.69) is 0 Å². The molecule has 0 saturated heterocycles. The average Bonchev–Trinajstić information content (AvgIpc) is 0.722. The molecule has 0 spiro atoms. The van der Waals surface area contributed by atoms with Crippen LogP contribution in [0, 0.1) is 0 Å². The van der Waals surface area contributed by atoms with Crippen LogP contribution in [0.5, 0.6) is 0 Å². The van der Waals surface area contributed by atoms with Gasteiger partial charge in [0.15, 0.2) is 0 Å². The van der Waals surface area contributed by atoms with E-state index in [-0.39, 0.29) is 36.5 Å². The van der Waals surface area contributed by atoms with Gasteiger partial charge in [-0.1, -0.05) is 0 Å². The standard InChI is InChI=1S/Fe.O4Si.Zn/c;1-5(2,3)4;/q+3;-4;. The summed E-state index contributed by atoms with van der Waals surface area (Å²) < 4.78 is 0. The van der Waals surface area contributed by atoms with Gasteiger partial charge in [-0.3, -0.25) is 0 Å². The fraction of sp³-hybridized carbons (Fsp3) is 0. The van der Waals surface area contributed by atoms with Crippen molar-refractivity contribution >= 4 is 9.05 Å². The van der Waals surface area contributed by atoms with Gasteiger partial charge in [0.05, 0.1) is 0 Å². The molecule has 0 unspecified atom stereocenters. The fourth-order valence-electron chi connectivity index (χ4n) is 0. The molecule has 0 rings (SSSR count). The van der Waals surface area contributed by atoms with Gasteiger partial charge in [-0.15, -0.1) is 0 Å². The maximum atomic E-state index is 8.58. The Bertz CT molecular complexity index is 27.2. The van der Waals surface area contributed by atoms with Crippen molar-refractivity contribution in [3.8, 4) is 0 Å². The zero-order valence-corrected chi connectivity index (χ0v) is 8.26. The normalized spacial score (nSPS) is 8.57. The summed E-state index contributed by atoms with van der Waals surface area (Å²) in [5.74, 6) is 0. The summed E-state index contributed by atoms with van der Waals surface area (Å²) in [6, 6.07) is 0. The minimum absolute atomic E-state index is 0. The van der Waals surface area contributed by atoms with E-state index in [4.69, 9.17) is 19.2 Å². The molecule has 39 valence electrons. The van der Waals surface area contributed by atoms with E-state index in [9.17, 15) is 0 Å². The van der Waals surface area contributed by atoms with Gasteiger partial charge in [0.2, 0.25) is 0 Å². The SMILES string of the molecule is [Fe+3].[O-][Si]([O-])([O-])[O-].[Zn]. The first-order valence-electron chi connectivity index (χ1n) is 0.816. The van der Waals surface area contributed by atoms with Gasteiger partial charge in [-0.2, -0.15) is 0 Å². The molecule has 0 aromatic rings. The Labute approximate surface area is 64.9 Å². The minimum Gasteiger partial charge on any atom is -0.894 e. The van der Waals surface area contributed by atoms with Crippen molar-refractivity contribution in [3.63, 3.8) is 0 Å². The van der Waals surface area contributed by atoms with E-state index in [1.54, 1.807) is 0 Å². The second-order valence-electron chi connectivity index (χ2n) is 0.500. The Morgan fingerprint density at radius 1 is 0.857 bits per heavy atom. The molecular weight excluding hydrogens is 213 g/mol. The van der Waals surface area contributed by atoms with Crippen LogP contribution in [-0.2, 0) is 36.5 Å². The van der Waals surface area contributed by atoms with E-state index >= 15 is 0 Å². The topological polar surface area (TPSA) is 92.2 Å². The van der Waals surface area contributed by atoms with Crippen LogP contribution in [0.25, 0.3) is 0 Å². The van der Waals surface area contributed by atoms with Crippen molar-refractivity contribution in [2.24, 2.45) is 0 Å². The van der Waals surface area contributed by atoms with E-state index in [1.807, 2.05) is 0 Å². The summed E-state index contributed by atoms with van der Waals surface area (Å²) in [6.45, 7) is 0. The third kappa shape index (κ3) is 135. The smallest absolute Gasteiger partial charge is 0.894 e. The van der Waals surface area contributed by atoms with Gasteiger partial charge in [0.25, 0.3) is 0 Å². The molecule has 0 aromatic carbocycles. The molecule has 7 heteroatoms. The van der Waals surface area contributed by atoms with Crippen LogP contribution in [0.4, 0.5) is 0 Å². The quantitative estimate of drug-likeness (QED) is 0.376. The van der Waals surface area contributed by atoms with E-state index in [0.29, 0.717) is 0 Å². The molecule has 0 heterocycles. The second-order valence-corrected chi connectivity index (χ2v) is 1.50. The van der Waals surface area contributed by atoms with Crippen LogP contribution in [0.2, 0.25) is 0 Å². The van der Waals surface area contributed by atoms with Gasteiger partial charge in [0.1, 0.15) is 0 Å². The van der Waals surface area contributed by atoms with Crippen molar-refractivity contribution in [2.75, 3.05) is 0 Å². The Morgan fingerprint density at radius 2 is 0.857 bits per heavy atom. The largest absolute Gasteiger partial charge is 3.00 e. The Morgan fingerprint density at radius 3 is 0.857 bits per heavy atom. The van der Waals surface area contributed by atoms with Crippen LogP contribution < -0.4 is 19.2 Å². The molecule has 0 amide bonds. The zero-order valence-electron chi connectivity index (χ0n) is 3.19.